The third-order valence-electron chi connectivity index (χ3n) is 2.85. The molecule has 0 fully saturated rings. The quantitative estimate of drug-likeness (QED) is 0.868. The fourth-order valence-corrected chi connectivity index (χ4v) is 1.77. The normalized spacial score (nSPS) is 10.7. The minimum atomic E-state index is -0.926. The molecule has 94 valence electrons. The number of benzene rings is 2. The van der Waals surface area contributed by atoms with Gasteiger partial charge >= 0.3 is 0 Å². The van der Waals surface area contributed by atoms with Crippen LogP contribution >= 0.6 is 0 Å². The number of aryl methyl sites for hydroxylation is 1. The van der Waals surface area contributed by atoms with Crippen molar-refractivity contribution >= 4 is 0 Å². The van der Waals surface area contributed by atoms with Crippen molar-refractivity contribution in [3.63, 3.8) is 0 Å². The van der Waals surface area contributed by atoms with Crippen molar-refractivity contribution in [2.75, 3.05) is 0 Å². The summed E-state index contributed by atoms with van der Waals surface area (Å²) in [6.07, 6.45) is 0. The van der Waals surface area contributed by atoms with E-state index in [9.17, 15) is 13.2 Å². The highest BCUT2D eigenvalue weighted by molar-refractivity contribution is 5.65. The van der Waals surface area contributed by atoms with Gasteiger partial charge in [0, 0.05) is 17.7 Å². The Kier molecular flexibility index (Phi) is 3.39. The van der Waals surface area contributed by atoms with Gasteiger partial charge in [0.25, 0.3) is 0 Å². The third-order valence-corrected chi connectivity index (χ3v) is 2.85. The van der Waals surface area contributed by atoms with Crippen LogP contribution in [0.15, 0.2) is 30.3 Å². The van der Waals surface area contributed by atoms with Crippen molar-refractivity contribution in [1.82, 2.24) is 0 Å². The number of hydrogen-bond donors (Lipinski definition) is 1. The van der Waals surface area contributed by atoms with E-state index in [2.05, 4.69) is 0 Å². The Morgan fingerprint density at radius 1 is 1.00 bits per heavy atom. The molecule has 18 heavy (non-hydrogen) atoms. The molecule has 0 saturated carbocycles. The van der Waals surface area contributed by atoms with Gasteiger partial charge in [0.05, 0.1) is 0 Å². The third kappa shape index (κ3) is 2.11. The molecule has 0 unspecified atom stereocenters. The summed E-state index contributed by atoms with van der Waals surface area (Å²) in [6.45, 7) is 1.49. The second-order valence-electron chi connectivity index (χ2n) is 4.07. The molecule has 0 atom stereocenters. The largest absolute Gasteiger partial charge is 0.326 e. The maximum absolute atomic E-state index is 13.8. The molecule has 4 heteroatoms. The van der Waals surface area contributed by atoms with Gasteiger partial charge in [-0.15, -0.1) is 0 Å². The molecule has 0 spiro atoms. The first-order valence-corrected chi connectivity index (χ1v) is 5.48. The van der Waals surface area contributed by atoms with Crippen LogP contribution in [-0.2, 0) is 6.54 Å². The molecule has 2 aromatic rings. The molecule has 0 aromatic heterocycles. The Morgan fingerprint density at radius 2 is 1.72 bits per heavy atom. The molecule has 0 aliphatic carbocycles. The van der Waals surface area contributed by atoms with Crippen molar-refractivity contribution in [2.24, 2.45) is 5.73 Å². The van der Waals surface area contributed by atoms with Crippen molar-refractivity contribution in [2.45, 2.75) is 13.5 Å². The standard InChI is InChI=1S/C14H12F3N/c1-8-2-4-11(14(17)13(8)16)9-3-5-12(15)10(6-9)7-18/h2-6H,7,18H2,1H3. The summed E-state index contributed by atoms with van der Waals surface area (Å²) in [5, 5.41) is 0. The minimum Gasteiger partial charge on any atom is -0.326 e. The average Bonchev–Trinajstić information content (AvgIpc) is 2.37. The molecule has 0 bridgehead atoms. The average molecular weight is 251 g/mol. The molecule has 0 aliphatic heterocycles. The van der Waals surface area contributed by atoms with Crippen LogP contribution in [0.4, 0.5) is 13.2 Å². The Morgan fingerprint density at radius 3 is 2.39 bits per heavy atom. The molecule has 0 radical (unpaired) electrons. The summed E-state index contributed by atoms with van der Waals surface area (Å²) in [5.41, 5.74) is 6.40. The van der Waals surface area contributed by atoms with E-state index in [1.54, 1.807) is 0 Å². The molecule has 0 heterocycles. The topological polar surface area (TPSA) is 26.0 Å². The fourth-order valence-electron chi connectivity index (χ4n) is 1.77. The van der Waals surface area contributed by atoms with E-state index < -0.39 is 17.5 Å². The zero-order chi connectivity index (χ0) is 13.3. The number of rotatable bonds is 2. The maximum Gasteiger partial charge on any atom is 0.166 e. The predicted molar refractivity (Wildman–Crippen MR) is 64.4 cm³/mol. The van der Waals surface area contributed by atoms with Crippen LogP contribution in [0.5, 0.6) is 0 Å². The summed E-state index contributed by atoms with van der Waals surface area (Å²) in [5.74, 6) is -2.26. The minimum absolute atomic E-state index is 0.00956. The van der Waals surface area contributed by atoms with E-state index in [0.29, 0.717) is 5.56 Å². The van der Waals surface area contributed by atoms with Crippen LogP contribution in [0.25, 0.3) is 11.1 Å². The Bertz CT molecular complexity index is 594. The lowest BCUT2D eigenvalue weighted by Gasteiger charge is -2.08. The number of nitrogens with two attached hydrogens (primary N) is 1. The van der Waals surface area contributed by atoms with Crippen molar-refractivity contribution in [3.8, 4) is 11.1 Å². The summed E-state index contributed by atoms with van der Waals surface area (Å²) in [7, 11) is 0. The summed E-state index contributed by atoms with van der Waals surface area (Å²) in [6, 6.07) is 7.00. The molecule has 2 aromatic carbocycles. The van der Waals surface area contributed by atoms with Gasteiger partial charge in [-0.2, -0.15) is 0 Å². The smallest absolute Gasteiger partial charge is 0.166 e. The van der Waals surface area contributed by atoms with Gasteiger partial charge in [0.2, 0.25) is 0 Å². The maximum atomic E-state index is 13.8. The van der Waals surface area contributed by atoms with Crippen molar-refractivity contribution in [1.29, 1.82) is 0 Å². The molecule has 0 aliphatic rings. The molecular formula is C14H12F3N. The zero-order valence-electron chi connectivity index (χ0n) is 9.81. The van der Waals surface area contributed by atoms with Crippen molar-refractivity contribution in [3.05, 3.63) is 58.9 Å². The SMILES string of the molecule is Cc1ccc(-c2ccc(F)c(CN)c2)c(F)c1F. The van der Waals surface area contributed by atoms with Gasteiger partial charge in [-0.05, 0) is 30.2 Å². The fraction of sp³-hybridized carbons (Fsp3) is 0.143. The van der Waals surface area contributed by atoms with Gasteiger partial charge < -0.3 is 5.73 Å². The van der Waals surface area contributed by atoms with Crippen LogP contribution in [0, 0.1) is 24.4 Å². The molecule has 2 N–H and O–H groups in total. The van der Waals surface area contributed by atoms with Gasteiger partial charge in [-0.25, -0.2) is 13.2 Å². The molecule has 2 rings (SSSR count). The van der Waals surface area contributed by atoms with Crippen molar-refractivity contribution < 1.29 is 13.2 Å². The summed E-state index contributed by atoms with van der Waals surface area (Å²) < 4.78 is 40.5. The first-order chi connectivity index (χ1) is 8.54. The van der Waals surface area contributed by atoms with E-state index in [-0.39, 0.29) is 23.2 Å². The van der Waals surface area contributed by atoms with E-state index >= 15 is 0 Å². The highest BCUT2D eigenvalue weighted by Crippen LogP contribution is 2.27. The highest BCUT2D eigenvalue weighted by atomic mass is 19.2. The van der Waals surface area contributed by atoms with Gasteiger partial charge in [-0.1, -0.05) is 18.2 Å². The lowest BCUT2D eigenvalue weighted by molar-refractivity contribution is 0.505. The lowest BCUT2D eigenvalue weighted by Crippen LogP contribution is -2.00. The number of halogens is 3. The zero-order valence-corrected chi connectivity index (χ0v) is 9.81. The monoisotopic (exact) mass is 251 g/mol. The van der Waals surface area contributed by atoms with Crippen LogP contribution < -0.4 is 5.73 Å². The van der Waals surface area contributed by atoms with Gasteiger partial charge in [-0.3, -0.25) is 0 Å². The molecule has 1 nitrogen and oxygen atoms in total. The highest BCUT2D eigenvalue weighted by Gasteiger charge is 2.13. The molecular weight excluding hydrogens is 239 g/mol. The van der Waals surface area contributed by atoms with Crippen LogP contribution in [0.3, 0.4) is 0 Å². The van der Waals surface area contributed by atoms with Crippen LogP contribution in [0.1, 0.15) is 11.1 Å². The second kappa shape index (κ2) is 4.82. The number of hydrogen-bond acceptors (Lipinski definition) is 1. The molecule has 0 saturated heterocycles. The summed E-state index contributed by atoms with van der Waals surface area (Å²) in [4.78, 5) is 0. The van der Waals surface area contributed by atoms with E-state index in [1.165, 1.54) is 37.3 Å². The van der Waals surface area contributed by atoms with E-state index in [0.717, 1.165) is 0 Å². The van der Waals surface area contributed by atoms with Crippen LogP contribution in [0.2, 0.25) is 0 Å². The van der Waals surface area contributed by atoms with Gasteiger partial charge in [0.1, 0.15) is 5.82 Å². The predicted octanol–water partition coefficient (Wildman–Crippen LogP) is 3.54. The Labute approximate surface area is 103 Å². The van der Waals surface area contributed by atoms with E-state index in [4.69, 9.17) is 5.73 Å². The summed E-state index contributed by atoms with van der Waals surface area (Å²) >= 11 is 0. The Hall–Kier alpha value is -1.81. The first-order valence-electron chi connectivity index (χ1n) is 5.48. The van der Waals surface area contributed by atoms with Crippen LogP contribution in [-0.4, -0.2) is 0 Å². The Balaban J connectivity index is 2.59. The first kappa shape index (κ1) is 12.6. The van der Waals surface area contributed by atoms with E-state index in [1.807, 2.05) is 0 Å². The second-order valence-corrected chi connectivity index (χ2v) is 4.07. The molecule has 0 amide bonds. The lowest BCUT2D eigenvalue weighted by atomic mass is 10.0. The van der Waals surface area contributed by atoms with Gasteiger partial charge in [0.15, 0.2) is 11.6 Å².